The molecule has 5 nitrogen and oxygen atoms in total. The van der Waals surface area contributed by atoms with Crippen LogP contribution in [0.15, 0.2) is 34.7 Å². The number of hydrogen-bond acceptors (Lipinski definition) is 5. The molecule has 19 heavy (non-hydrogen) atoms. The van der Waals surface area contributed by atoms with Gasteiger partial charge in [-0.05, 0) is 34.7 Å². The summed E-state index contributed by atoms with van der Waals surface area (Å²) in [7, 11) is 0. The molecule has 0 amide bonds. The lowest BCUT2D eigenvalue weighted by molar-refractivity contribution is 0.617. The van der Waals surface area contributed by atoms with Crippen molar-refractivity contribution >= 4 is 51.2 Å². The second-order valence-electron chi connectivity index (χ2n) is 3.69. The van der Waals surface area contributed by atoms with Gasteiger partial charge in [0.2, 0.25) is 0 Å². The number of nitrogen functional groups attached to an aromatic ring is 1. The first-order valence-corrected chi connectivity index (χ1v) is 7.11. The van der Waals surface area contributed by atoms with Crippen molar-refractivity contribution in [1.29, 1.82) is 0 Å². The fourth-order valence-corrected chi connectivity index (χ4v) is 2.95. The maximum atomic E-state index is 13.6. The molecule has 1 aromatic carbocycles. The molecule has 0 bridgehead atoms. The van der Waals surface area contributed by atoms with Crippen molar-refractivity contribution in [2.45, 2.75) is 9.92 Å². The Kier molecular flexibility index (Phi) is 3.27. The van der Waals surface area contributed by atoms with Gasteiger partial charge in [-0.25, -0.2) is 19.3 Å². The number of nitrogens with one attached hydrogen (secondary N) is 1. The highest BCUT2D eigenvalue weighted by atomic mass is 127. The third kappa shape index (κ3) is 2.37. The number of H-pyrrole nitrogens is 1. The van der Waals surface area contributed by atoms with Crippen LogP contribution in [0, 0.1) is 9.39 Å². The molecule has 0 aliphatic carbocycles. The smallest absolute Gasteiger partial charge is 0.181 e. The van der Waals surface area contributed by atoms with Crippen LogP contribution in [0.3, 0.4) is 0 Å². The standard InChI is InChI=1S/C11H7FIN5S/c12-5-1-8(7(14)2-6(5)13)19-11-9-10(16-3-15-9)17-4-18-11/h1-4H,14H2,(H,15,16,17,18). The summed E-state index contributed by atoms with van der Waals surface area (Å²) in [6.45, 7) is 0. The molecule has 0 aliphatic rings. The van der Waals surface area contributed by atoms with Crippen LogP contribution in [0.25, 0.3) is 11.2 Å². The quantitative estimate of drug-likeness (QED) is 0.402. The van der Waals surface area contributed by atoms with Gasteiger partial charge in [0.15, 0.2) is 5.65 Å². The Morgan fingerprint density at radius 3 is 2.95 bits per heavy atom. The minimum absolute atomic E-state index is 0.299. The first kappa shape index (κ1) is 12.6. The van der Waals surface area contributed by atoms with Gasteiger partial charge in [0.05, 0.1) is 9.90 Å². The summed E-state index contributed by atoms with van der Waals surface area (Å²) in [6, 6.07) is 3.01. The van der Waals surface area contributed by atoms with E-state index < -0.39 is 0 Å². The van der Waals surface area contributed by atoms with Crippen LogP contribution in [0.2, 0.25) is 0 Å². The van der Waals surface area contributed by atoms with Gasteiger partial charge < -0.3 is 10.7 Å². The van der Waals surface area contributed by atoms with Gasteiger partial charge >= 0.3 is 0 Å². The zero-order valence-electron chi connectivity index (χ0n) is 9.39. The van der Waals surface area contributed by atoms with Gasteiger partial charge in [-0.3, -0.25) is 0 Å². The fraction of sp³-hybridized carbons (Fsp3) is 0. The summed E-state index contributed by atoms with van der Waals surface area (Å²) in [5.74, 6) is -0.299. The maximum Gasteiger partial charge on any atom is 0.181 e. The Balaban J connectivity index is 2.06. The van der Waals surface area contributed by atoms with Gasteiger partial charge in [-0.15, -0.1) is 0 Å². The molecule has 0 saturated carbocycles. The number of fused-ring (bicyclic) bond motifs is 1. The number of benzene rings is 1. The first-order valence-electron chi connectivity index (χ1n) is 5.21. The third-order valence-electron chi connectivity index (χ3n) is 2.45. The number of anilines is 1. The number of aromatic amines is 1. The maximum absolute atomic E-state index is 13.6. The van der Waals surface area contributed by atoms with Gasteiger partial charge in [0.25, 0.3) is 0 Å². The van der Waals surface area contributed by atoms with Crippen LogP contribution in [0.5, 0.6) is 0 Å². The lowest BCUT2D eigenvalue weighted by Gasteiger charge is -2.06. The number of nitrogens with zero attached hydrogens (tertiary/aromatic N) is 3. The van der Waals surface area contributed by atoms with Crippen molar-refractivity contribution in [2.24, 2.45) is 0 Å². The Bertz CT molecular complexity index is 760. The van der Waals surface area contributed by atoms with E-state index in [2.05, 4.69) is 19.9 Å². The molecule has 0 unspecified atom stereocenters. The Labute approximate surface area is 125 Å². The highest BCUT2D eigenvalue weighted by Crippen LogP contribution is 2.35. The summed E-state index contributed by atoms with van der Waals surface area (Å²) < 4.78 is 14.1. The zero-order valence-corrected chi connectivity index (χ0v) is 12.4. The second-order valence-corrected chi connectivity index (χ2v) is 5.88. The topological polar surface area (TPSA) is 80.5 Å². The first-order chi connectivity index (χ1) is 9.15. The van der Waals surface area contributed by atoms with E-state index in [1.165, 1.54) is 24.2 Å². The minimum Gasteiger partial charge on any atom is -0.398 e. The normalized spacial score (nSPS) is 11.1. The number of halogens is 2. The van der Waals surface area contributed by atoms with Crippen molar-refractivity contribution in [3.8, 4) is 0 Å². The molecule has 3 rings (SSSR count). The molecular weight excluding hydrogens is 380 g/mol. The van der Waals surface area contributed by atoms with E-state index in [-0.39, 0.29) is 5.82 Å². The predicted molar refractivity (Wildman–Crippen MR) is 79.3 cm³/mol. The molecule has 0 fully saturated rings. The molecule has 0 spiro atoms. The highest BCUT2D eigenvalue weighted by Gasteiger charge is 2.12. The molecule has 8 heteroatoms. The van der Waals surface area contributed by atoms with Crippen LogP contribution in [-0.4, -0.2) is 19.9 Å². The van der Waals surface area contributed by atoms with Crippen molar-refractivity contribution in [3.05, 3.63) is 34.2 Å². The van der Waals surface area contributed by atoms with E-state index in [4.69, 9.17) is 5.73 Å². The summed E-state index contributed by atoms with van der Waals surface area (Å²) in [4.78, 5) is 15.8. The van der Waals surface area contributed by atoms with Crippen molar-refractivity contribution < 1.29 is 4.39 Å². The average molecular weight is 387 g/mol. The van der Waals surface area contributed by atoms with Crippen LogP contribution in [0.4, 0.5) is 10.1 Å². The molecule has 0 aliphatic heterocycles. The summed E-state index contributed by atoms with van der Waals surface area (Å²) >= 11 is 3.19. The SMILES string of the molecule is Nc1cc(I)c(F)cc1Sc1ncnc2nc[nH]c12. The van der Waals surface area contributed by atoms with Crippen molar-refractivity contribution in [3.63, 3.8) is 0 Å². The number of imidazole rings is 1. The molecule has 2 heterocycles. The van der Waals surface area contributed by atoms with Gasteiger partial charge in [-0.1, -0.05) is 11.8 Å². The molecule has 3 N–H and O–H groups in total. The average Bonchev–Trinajstić information content (AvgIpc) is 2.85. The molecular formula is C11H7FIN5S. The van der Waals surface area contributed by atoms with Crippen LogP contribution in [-0.2, 0) is 0 Å². The van der Waals surface area contributed by atoms with Gasteiger partial charge in [0, 0.05) is 10.6 Å². The summed E-state index contributed by atoms with van der Waals surface area (Å²) in [5.41, 5.74) is 7.70. The number of nitrogens with two attached hydrogens (primary N) is 1. The molecule has 3 aromatic rings. The number of aromatic nitrogens is 4. The molecule has 0 atom stereocenters. The van der Waals surface area contributed by atoms with Crippen LogP contribution >= 0.6 is 34.4 Å². The van der Waals surface area contributed by atoms with E-state index in [1.807, 2.05) is 22.6 Å². The molecule has 0 radical (unpaired) electrons. The Hall–Kier alpha value is -1.42. The van der Waals surface area contributed by atoms with E-state index >= 15 is 0 Å². The third-order valence-corrected chi connectivity index (χ3v) is 4.35. The lowest BCUT2D eigenvalue weighted by Crippen LogP contribution is -1.94. The monoisotopic (exact) mass is 387 g/mol. The summed E-state index contributed by atoms with van der Waals surface area (Å²) in [6.07, 6.45) is 2.96. The highest BCUT2D eigenvalue weighted by molar-refractivity contribution is 14.1. The van der Waals surface area contributed by atoms with Gasteiger partial charge in [-0.2, -0.15) is 0 Å². The van der Waals surface area contributed by atoms with E-state index in [0.717, 1.165) is 0 Å². The lowest BCUT2D eigenvalue weighted by atomic mass is 10.3. The fourth-order valence-electron chi connectivity index (χ4n) is 1.56. The minimum atomic E-state index is -0.299. The Morgan fingerprint density at radius 2 is 2.11 bits per heavy atom. The van der Waals surface area contributed by atoms with Gasteiger partial charge in [0.1, 0.15) is 22.7 Å². The van der Waals surface area contributed by atoms with E-state index in [0.29, 0.717) is 30.3 Å². The largest absolute Gasteiger partial charge is 0.398 e. The predicted octanol–water partition coefficient (Wildman–Crippen LogP) is 2.83. The molecule has 2 aromatic heterocycles. The summed E-state index contributed by atoms with van der Waals surface area (Å²) in [5, 5.41) is 0.662. The Morgan fingerprint density at radius 1 is 1.26 bits per heavy atom. The second kappa shape index (κ2) is 4.93. The molecule has 96 valence electrons. The van der Waals surface area contributed by atoms with E-state index in [1.54, 1.807) is 12.4 Å². The van der Waals surface area contributed by atoms with E-state index in [9.17, 15) is 4.39 Å². The van der Waals surface area contributed by atoms with Crippen LogP contribution in [0.1, 0.15) is 0 Å². The van der Waals surface area contributed by atoms with Crippen LogP contribution < -0.4 is 5.73 Å². The van der Waals surface area contributed by atoms with Crippen molar-refractivity contribution in [2.75, 3.05) is 5.73 Å². The molecule has 0 saturated heterocycles. The van der Waals surface area contributed by atoms with Crippen molar-refractivity contribution in [1.82, 2.24) is 19.9 Å². The number of rotatable bonds is 2. The number of hydrogen-bond donors (Lipinski definition) is 2. The zero-order chi connectivity index (χ0) is 13.4.